The monoisotopic (exact) mass is 799 g/mol. The number of rotatable bonds is 7. The van der Waals surface area contributed by atoms with E-state index in [2.05, 4.69) is 24.0 Å². The number of ether oxygens (including phenoxy) is 6. The molecule has 4 bridgehead atoms. The fourth-order valence-electron chi connectivity index (χ4n) is 10.0. The Kier molecular flexibility index (Phi) is 13.4. The summed E-state index contributed by atoms with van der Waals surface area (Å²) in [6.07, 6.45) is -2.16. The van der Waals surface area contributed by atoms with Crippen LogP contribution in [0.4, 0.5) is 4.79 Å². The second kappa shape index (κ2) is 17.6. The molecular formula is C42H65N5O10. The number of pyridine rings is 1. The maximum Gasteiger partial charge on any atom is 0.410 e. The van der Waals surface area contributed by atoms with Crippen molar-refractivity contribution in [1.82, 2.24) is 14.8 Å². The van der Waals surface area contributed by atoms with Crippen LogP contribution < -0.4 is 0 Å². The van der Waals surface area contributed by atoms with Crippen molar-refractivity contribution < 1.29 is 48.0 Å². The SMILES string of the molecule is CC[C@H]1OC(=O)[C@H](C)[C@H]2OC/C(=N\O[C@H](C)c3ccccn3)CO[C@](C)(C[C@@H](C)C3=NCCN4C(=O)O[C@@]1(C)[C@H]4[C@H]3C)[C@H](O[C@H]1O[C@@H](C)C[C@@H](N(C)C)[C@@H]1O)[C@H]2C. The first-order chi connectivity index (χ1) is 27.0. The lowest BCUT2D eigenvalue weighted by molar-refractivity contribution is -0.302. The Balaban J connectivity index is 1.46. The van der Waals surface area contributed by atoms with Gasteiger partial charge in [-0.15, -0.1) is 0 Å². The van der Waals surface area contributed by atoms with Crippen molar-refractivity contribution in [2.45, 2.75) is 148 Å². The average molecular weight is 800 g/mol. The van der Waals surface area contributed by atoms with Crippen LogP contribution in [0.5, 0.6) is 0 Å². The highest BCUT2D eigenvalue weighted by molar-refractivity contribution is 5.91. The van der Waals surface area contributed by atoms with Gasteiger partial charge in [0.2, 0.25) is 0 Å². The fourth-order valence-corrected chi connectivity index (χ4v) is 10.0. The zero-order valence-electron chi connectivity index (χ0n) is 35.6. The summed E-state index contributed by atoms with van der Waals surface area (Å²) in [5.41, 5.74) is -0.110. The number of carbonyl (C=O) groups is 2. The molecule has 1 aromatic rings. The van der Waals surface area contributed by atoms with Gasteiger partial charge < -0.3 is 43.3 Å². The van der Waals surface area contributed by atoms with E-state index in [4.69, 9.17) is 38.3 Å². The number of cyclic esters (lactones) is 1. The number of amides is 1. The number of aliphatic hydroxyl groups excluding tert-OH is 1. The van der Waals surface area contributed by atoms with E-state index in [0.29, 0.717) is 38.1 Å². The Morgan fingerprint density at radius 3 is 2.54 bits per heavy atom. The number of esters is 1. The molecule has 15 atom stereocenters. The molecule has 5 aliphatic heterocycles. The number of hydrogen-bond acceptors (Lipinski definition) is 14. The van der Waals surface area contributed by atoms with E-state index in [1.807, 2.05) is 78.7 Å². The number of likely N-dealkylation sites (N-methyl/N-ethyl adjacent to an activating group) is 1. The molecule has 5 aliphatic rings. The Morgan fingerprint density at radius 1 is 1.11 bits per heavy atom. The number of fused-ring (bicyclic) bond motifs is 4. The third-order valence-corrected chi connectivity index (χ3v) is 13.0. The summed E-state index contributed by atoms with van der Waals surface area (Å²) in [5.74, 6) is -2.24. The van der Waals surface area contributed by atoms with E-state index < -0.39 is 78.0 Å². The van der Waals surface area contributed by atoms with Gasteiger partial charge in [-0.3, -0.25) is 19.7 Å². The standard InChI is InChI=1S/C42H65N5O10/c1-12-32-42(9)36-25(4)33(44-17-18-47(36)40(50)56-42)23(2)20-41(8)37(55-39-34(48)31(46(10)11)19-24(3)53-39)26(5)35(27(6)38(49)54-32)51-21-29(22-52-41)45-57-28(7)30-15-13-14-16-43-30/h13-16,23-28,31-32,34-37,39,48H,12,17-22H2,1-11H3/b45-29+/t23-,24+,25+,26+,27-,28-,31-,32-,34+,35+,36-,37-,39-,41-,42-/m1/s1. The molecule has 6 heterocycles. The number of carbonyl (C=O) groups excluding carboxylic acids is 2. The molecule has 0 spiro atoms. The number of oxime groups is 1. The quantitative estimate of drug-likeness (QED) is 0.297. The van der Waals surface area contributed by atoms with Crippen molar-refractivity contribution in [2.75, 3.05) is 40.4 Å². The van der Waals surface area contributed by atoms with E-state index in [0.717, 1.165) is 11.4 Å². The van der Waals surface area contributed by atoms with Gasteiger partial charge in [0.05, 0.1) is 61.3 Å². The first kappa shape index (κ1) is 43.4. The molecular weight excluding hydrogens is 734 g/mol. The van der Waals surface area contributed by atoms with Gasteiger partial charge in [0.15, 0.2) is 18.0 Å². The van der Waals surface area contributed by atoms with Gasteiger partial charge in [-0.2, -0.15) is 0 Å². The predicted octanol–water partition coefficient (Wildman–Crippen LogP) is 4.80. The van der Waals surface area contributed by atoms with Gasteiger partial charge in [0.1, 0.15) is 17.9 Å². The van der Waals surface area contributed by atoms with Crippen LogP contribution in [-0.2, 0) is 38.1 Å². The Bertz CT molecular complexity index is 1630. The summed E-state index contributed by atoms with van der Waals surface area (Å²) in [6.45, 7) is 18.5. The third-order valence-electron chi connectivity index (χ3n) is 13.0. The molecule has 1 amide bonds. The highest BCUT2D eigenvalue weighted by atomic mass is 16.7. The summed E-state index contributed by atoms with van der Waals surface area (Å²) >= 11 is 0. The second-order valence-corrected chi connectivity index (χ2v) is 17.5. The Labute approximate surface area is 337 Å². The van der Waals surface area contributed by atoms with E-state index >= 15 is 0 Å². The summed E-state index contributed by atoms with van der Waals surface area (Å²) in [7, 11) is 3.87. The first-order valence-electron chi connectivity index (χ1n) is 20.8. The zero-order chi connectivity index (χ0) is 41.4. The molecule has 0 aliphatic carbocycles. The van der Waals surface area contributed by atoms with Gasteiger partial charge in [-0.1, -0.05) is 38.9 Å². The van der Waals surface area contributed by atoms with Crippen LogP contribution in [0.15, 0.2) is 34.5 Å². The van der Waals surface area contributed by atoms with Crippen molar-refractivity contribution in [3.63, 3.8) is 0 Å². The summed E-state index contributed by atoms with van der Waals surface area (Å²) in [4.78, 5) is 47.3. The van der Waals surface area contributed by atoms with Crippen LogP contribution in [0, 0.1) is 23.7 Å². The maximum atomic E-state index is 14.5. The average Bonchev–Trinajstić information content (AvgIpc) is 3.32. The first-order valence-corrected chi connectivity index (χ1v) is 20.8. The van der Waals surface area contributed by atoms with Crippen molar-refractivity contribution in [2.24, 2.45) is 33.8 Å². The molecule has 318 valence electrons. The summed E-state index contributed by atoms with van der Waals surface area (Å²) in [5, 5.41) is 16.3. The highest BCUT2D eigenvalue weighted by Gasteiger charge is 2.60. The Hall–Kier alpha value is -3.21. The van der Waals surface area contributed by atoms with Crippen molar-refractivity contribution in [3.05, 3.63) is 30.1 Å². The molecule has 0 aromatic carbocycles. The lowest BCUT2D eigenvalue weighted by Gasteiger charge is -2.48. The lowest BCUT2D eigenvalue weighted by Crippen LogP contribution is -2.60. The predicted molar refractivity (Wildman–Crippen MR) is 212 cm³/mol. The summed E-state index contributed by atoms with van der Waals surface area (Å²) < 4.78 is 39.8. The number of aromatic nitrogens is 1. The molecule has 0 saturated carbocycles. The summed E-state index contributed by atoms with van der Waals surface area (Å²) in [6, 6.07) is 4.96. The van der Waals surface area contributed by atoms with E-state index in [-0.39, 0.29) is 37.2 Å². The largest absolute Gasteiger partial charge is 0.458 e. The molecule has 4 saturated heterocycles. The van der Waals surface area contributed by atoms with Crippen LogP contribution in [0.2, 0.25) is 0 Å². The minimum atomic E-state index is -1.13. The minimum absolute atomic E-state index is 0.00444. The normalized spacial score (nSPS) is 41.9. The molecule has 57 heavy (non-hydrogen) atoms. The van der Waals surface area contributed by atoms with E-state index in [1.165, 1.54) is 0 Å². The lowest BCUT2D eigenvalue weighted by atomic mass is 9.72. The molecule has 0 unspecified atom stereocenters. The number of hydrogen-bond donors (Lipinski definition) is 1. The molecule has 15 heteroatoms. The van der Waals surface area contributed by atoms with Gasteiger partial charge in [-0.25, -0.2) is 4.79 Å². The fraction of sp³-hybridized carbons (Fsp3) is 0.786. The Morgan fingerprint density at radius 2 is 1.86 bits per heavy atom. The van der Waals surface area contributed by atoms with Crippen LogP contribution in [0.25, 0.3) is 0 Å². The third kappa shape index (κ3) is 8.74. The van der Waals surface area contributed by atoms with Crippen LogP contribution in [0.1, 0.15) is 93.4 Å². The van der Waals surface area contributed by atoms with Gasteiger partial charge in [0, 0.05) is 36.3 Å². The van der Waals surface area contributed by atoms with E-state index in [9.17, 15) is 14.7 Å². The molecule has 4 fully saturated rings. The van der Waals surface area contributed by atoms with Crippen molar-refractivity contribution in [1.29, 1.82) is 0 Å². The molecule has 6 rings (SSSR count). The molecule has 1 aromatic heterocycles. The number of aliphatic hydroxyl groups is 1. The van der Waals surface area contributed by atoms with Crippen molar-refractivity contribution in [3.8, 4) is 0 Å². The van der Waals surface area contributed by atoms with Crippen LogP contribution >= 0.6 is 0 Å². The molecule has 1 N–H and O–H groups in total. The van der Waals surface area contributed by atoms with Crippen molar-refractivity contribution >= 4 is 23.5 Å². The topological polar surface area (TPSA) is 163 Å². The second-order valence-electron chi connectivity index (χ2n) is 17.5. The molecule has 0 radical (unpaired) electrons. The maximum absolute atomic E-state index is 14.5. The smallest absolute Gasteiger partial charge is 0.410 e. The van der Waals surface area contributed by atoms with Gasteiger partial charge in [0.25, 0.3) is 0 Å². The number of aliphatic imine (C=N–C) groups is 1. The zero-order valence-corrected chi connectivity index (χ0v) is 35.6. The molecule has 15 nitrogen and oxygen atoms in total. The highest BCUT2D eigenvalue weighted by Crippen LogP contribution is 2.45. The van der Waals surface area contributed by atoms with Gasteiger partial charge >= 0.3 is 12.1 Å². The van der Waals surface area contributed by atoms with Crippen LogP contribution in [0.3, 0.4) is 0 Å². The van der Waals surface area contributed by atoms with E-state index in [1.54, 1.807) is 18.0 Å². The number of nitrogens with zero attached hydrogens (tertiary/aromatic N) is 5. The van der Waals surface area contributed by atoms with Crippen LogP contribution in [-0.4, -0.2) is 144 Å². The van der Waals surface area contributed by atoms with Gasteiger partial charge in [-0.05, 0) is 86.0 Å². The minimum Gasteiger partial charge on any atom is -0.458 e.